The molecule has 0 amide bonds. The summed E-state index contributed by atoms with van der Waals surface area (Å²) in [6, 6.07) is 8.29. The molecule has 1 saturated heterocycles. The minimum absolute atomic E-state index is 0.115. The van der Waals surface area contributed by atoms with E-state index in [1.165, 1.54) is 10.9 Å². The SMILES string of the molecule is C=C1c2[nH]c3ccccc3c2CN2CC[C@@H]1[C@](O)([C@@H](C)O)C2. The summed E-state index contributed by atoms with van der Waals surface area (Å²) in [5.74, 6) is -0.115. The number of nitrogens with one attached hydrogen (secondary N) is 1. The van der Waals surface area contributed by atoms with Crippen LogP contribution >= 0.6 is 0 Å². The number of benzene rings is 1. The van der Waals surface area contributed by atoms with Crippen LogP contribution in [0.15, 0.2) is 30.8 Å². The fourth-order valence-electron chi connectivity index (χ4n) is 4.18. The summed E-state index contributed by atoms with van der Waals surface area (Å²) in [4.78, 5) is 5.72. The second kappa shape index (κ2) is 4.69. The lowest BCUT2D eigenvalue weighted by molar-refractivity contribution is -0.130. The zero-order valence-electron chi connectivity index (χ0n) is 12.8. The van der Waals surface area contributed by atoms with E-state index in [0.29, 0.717) is 6.54 Å². The van der Waals surface area contributed by atoms with Crippen LogP contribution < -0.4 is 0 Å². The lowest BCUT2D eigenvalue weighted by atomic mass is 9.71. The molecule has 1 aromatic carbocycles. The Morgan fingerprint density at radius 3 is 2.95 bits per heavy atom. The van der Waals surface area contributed by atoms with Gasteiger partial charge in [-0.3, -0.25) is 4.90 Å². The number of aromatic amines is 1. The lowest BCUT2D eigenvalue weighted by Crippen LogP contribution is -2.60. The first-order chi connectivity index (χ1) is 10.5. The first kappa shape index (κ1) is 14.0. The van der Waals surface area contributed by atoms with Gasteiger partial charge < -0.3 is 15.2 Å². The average Bonchev–Trinajstić information content (AvgIpc) is 2.83. The van der Waals surface area contributed by atoms with Crippen molar-refractivity contribution in [1.29, 1.82) is 0 Å². The summed E-state index contributed by atoms with van der Waals surface area (Å²) in [6.45, 7) is 8.16. The van der Waals surface area contributed by atoms with Crippen molar-refractivity contribution in [3.8, 4) is 0 Å². The van der Waals surface area contributed by atoms with Crippen LogP contribution in [0.25, 0.3) is 16.5 Å². The van der Waals surface area contributed by atoms with E-state index < -0.39 is 11.7 Å². The van der Waals surface area contributed by atoms with E-state index in [1.807, 2.05) is 6.07 Å². The fourth-order valence-corrected chi connectivity index (χ4v) is 4.18. The van der Waals surface area contributed by atoms with E-state index in [-0.39, 0.29) is 5.92 Å². The minimum atomic E-state index is -1.12. The van der Waals surface area contributed by atoms with E-state index >= 15 is 0 Å². The van der Waals surface area contributed by atoms with E-state index in [1.54, 1.807) is 6.92 Å². The highest BCUT2D eigenvalue weighted by molar-refractivity contribution is 5.89. The number of aliphatic hydroxyl groups excluding tert-OH is 1. The highest BCUT2D eigenvalue weighted by Crippen LogP contribution is 2.44. The van der Waals surface area contributed by atoms with Crippen molar-refractivity contribution >= 4 is 16.5 Å². The lowest BCUT2D eigenvalue weighted by Gasteiger charge is -2.49. The van der Waals surface area contributed by atoms with Crippen molar-refractivity contribution in [2.45, 2.75) is 31.6 Å². The molecule has 2 aromatic rings. The Balaban J connectivity index is 1.91. The second-order valence-corrected chi connectivity index (χ2v) is 6.77. The summed E-state index contributed by atoms with van der Waals surface area (Å²) in [5.41, 5.74) is 3.21. The molecule has 0 spiro atoms. The molecule has 3 N–H and O–H groups in total. The number of para-hydroxylation sites is 1. The molecule has 3 aliphatic heterocycles. The van der Waals surface area contributed by atoms with Crippen LogP contribution in [-0.4, -0.2) is 44.9 Å². The molecule has 1 unspecified atom stereocenters. The number of piperidine rings is 1. The second-order valence-electron chi connectivity index (χ2n) is 6.77. The quantitative estimate of drug-likeness (QED) is 0.756. The molecular formula is C18H22N2O2. The molecular weight excluding hydrogens is 276 g/mol. The van der Waals surface area contributed by atoms with Crippen molar-refractivity contribution < 1.29 is 10.2 Å². The summed E-state index contributed by atoms with van der Waals surface area (Å²) in [7, 11) is 0. The van der Waals surface area contributed by atoms with E-state index in [9.17, 15) is 10.2 Å². The predicted molar refractivity (Wildman–Crippen MR) is 87.3 cm³/mol. The molecule has 0 radical (unpaired) electrons. The number of fused-ring (bicyclic) bond motifs is 3. The van der Waals surface area contributed by atoms with Crippen LogP contribution in [0.5, 0.6) is 0 Å². The normalized spacial score (nSPS) is 32.6. The summed E-state index contributed by atoms with van der Waals surface area (Å²) in [6.07, 6.45) is 0.0534. The smallest absolute Gasteiger partial charge is 0.110 e. The van der Waals surface area contributed by atoms with Gasteiger partial charge in [0.05, 0.1) is 6.10 Å². The standard InChI is InChI=1S/C18H22N2O2/c1-11-15-7-8-20(10-18(15,22)12(2)21)9-14-13-5-3-4-6-16(13)19-17(11)14/h3-6,12,15,19,21-22H,1,7-10H2,2H3/t12-,15+,18-/m1/s1. The molecule has 4 heteroatoms. The monoisotopic (exact) mass is 298 g/mol. The van der Waals surface area contributed by atoms with Crippen LogP contribution in [0.2, 0.25) is 0 Å². The molecule has 0 aliphatic carbocycles. The van der Waals surface area contributed by atoms with Crippen molar-refractivity contribution in [1.82, 2.24) is 9.88 Å². The van der Waals surface area contributed by atoms with Gasteiger partial charge in [-0.05, 0) is 37.1 Å². The highest BCUT2D eigenvalue weighted by Gasteiger charge is 2.48. The topological polar surface area (TPSA) is 59.5 Å². The van der Waals surface area contributed by atoms with Crippen molar-refractivity contribution in [3.63, 3.8) is 0 Å². The third-order valence-corrected chi connectivity index (χ3v) is 5.47. The van der Waals surface area contributed by atoms with Gasteiger partial charge in [0.2, 0.25) is 0 Å². The summed E-state index contributed by atoms with van der Waals surface area (Å²) >= 11 is 0. The molecule has 116 valence electrons. The van der Waals surface area contributed by atoms with Gasteiger partial charge in [-0.15, -0.1) is 0 Å². The minimum Gasteiger partial charge on any atom is -0.390 e. The van der Waals surface area contributed by atoms with Crippen LogP contribution in [0.4, 0.5) is 0 Å². The first-order valence-corrected chi connectivity index (χ1v) is 7.92. The Labute approximate surface area is 130 Å². The highest BCUT2D eigenvalue weighted by atomic mass is 16.3. The number of H-pyrrole nitrogens is 1. The molecule has 2 bridgehead atoms. The Hall–Kier alpha value is -1.62. The van der Waals surface area contributed by atoms with E-state index in [4.69, 9.17) is 0 Å². The number of aromatic nitrogens is 1. The van der Waals surface area contributed by atoms with Gasteiger partial charge in [-0.1, -0.05) is 24.8 Å². The first-order valence-electron chi connectivity index (χ1n) is 7.92. The molecule has 4 heterocycles. The molecule has 3 aliphatic rings. The number of rotatable bonds is 1. The third kappa shape index (κ3) is 1.81. The zero-order chi connectivity index (χ0) is 15.5. The number of aliphatic hydroxyl groups is 2. The predicted octanol–water partition coefficient (Wildman–Crippen LogP) is 2.13. The van der Waals surface area contributed by atoms with Gasteiger partial charge in [0.15, 0.2) is 0 Å². The number of hydrogen-bond donors (Lipinski definition) is 3. The van der Waals surface area contributed by atoms with Gasteiger partial charge in [0.25, 0.3) is 0 Å². The van der Waals surface area contributed by atoms with Crippen molar-refractivity contribution in [2.75, 3.05) is 13.1 Å². The maximum absolute atomic E-state index is 11.0. The molecule has 22 heavy (non-hydrogen) atoms. The molecule has 4 atom stereocenters. The van der Waals surface area contributed by atoms with E-state index in [2.05, 4.69) is 34.7 Å². The van der Waals surface area contributed by atoms with Gasteiger partial charge in [0, 0.05) is 35.6 Å². The fraction of sp³-hybridized carbons (Fsp3) is 0.444. The van der Waals surface area contributed by atoms with Crippen LogP contribution in [-0.2, 0) is 6.54 Å². The van der Waals surface area contributed by atoms with Crippen molar-refractivity contribution in [2.24, 2.45) is 5.92 Å². The van der Waals surface area contributed by atoms with Gasteiger partial charge in [-0.2, -0.15) is 0 Å². The van der Waals surface area contributed by atoms with E-state index in [0.717, 1.165) is 36.3 Å². The van der Waals surface area contributed by atoms with Gasteiger partial charge in [-0.25, -0.2) is 0 Å². The average molecular weight is 298 g/mol. The largest absolute Gasteiger partial charge is 0.390 e. The summed E-state index contributed by atoms with van der Waals surface area (Å²) < 4.78 is 0. The maximum atomic E-state index is 11.0. The van der Waals surface area contributed by atoms with Crippen LogP contribution in [0.1, 0.15) is 24.6 Å². The Morgan fingerprint density at radius 2 is 2.18 bits per heavy atom. The Kier molecular flexibility index (Phi) is 2.98. The van der Waals surface area contributed by atoms with Crippen molar-refractivity contribution in [3.05, 3.63) is 42.1 Å². The van der Waals surface area contributed by atoms with Gasteiger partial charge >= 0.3 is 0 Å². The molecule has 1 fully saturated rings. The molecule has 0 saturated carbocycles. The van der Waals surface area contributed by atoms with Crippen LogP contribution in [0, 0.1) is 5.92 Å². The number of nitrogens with zero attached hydrogens (tertiary/aromatic N) is 1. The molecule has 4 nitrogen and oxygen atoms in total. The number of hydrogen-bond acceptors (Lipinski definition) is 3. The Bertz CT molecular complexity index is 749. The zero-order valence-corrected chi connectivity index (χ0v) is 12.8. The summed E-state index contributed by atoms with van der Waals surface area (Å²) in [5, 5.41) is 22.4. The maximum Gasteiger partial charge on any atom is 0.110 e. The molecule has 5 rings (SSSR count). The molecule has 1 aromatic heterocycles. The third-order valence-electron chi connectivity index (χ3n) is 5.47. The Morgan fingerprint density at radius 1 is 1.41 bits per heavy atom. The van der Waals surface area contributed by atoms with Crippen LogP contribution in [0.3, 0.4) is 0 Å². The van der Waals surface area contributed by atoms with Gasteiger partial charge in [0.1, 0.15) is 5.60 Å².